The van der Waals surface area contributed by atoms with E-state index >= 15 is 0 Å². The van der Waals surface area contributed by atoms with Gasteiger partial charge in [0.25, 0.3) is 0 Å². The minimum Gasteiger partial charge on any atom is -0.454 e. The molecule has 0 unspecified atom stereocenters. The highest BCUT2D eigenvalue weighted by molar-refractivity contribution is 7.89. The minimum absolute atomic E-state index is 0.0168. The average Bonchev–Trinajstić information content (AvgIpc) is 3.39. The smallest absolute Gasteiger partial charge is 0.338 e. The molecule has 9 heteroatoms. The van der Waals surface area contributed by atoms with E-state index in [0.717, 1.165) is 18.4 Å². The number of halogens is 1. The standard InChI is InChI=1S/C20H17ClN2O5S/c21-15-6-4-13(5-7-15)19-11-17(28-22-19)12-27-20(24)14-2-1-3-18(10-14)29(25,26)23-16-8-9-16/h1-7,10-11,16,23H,8-9,12H2. The lowest BCUT2D eigenvalue weighted by molar-refractivity contribution is 0.0437. The van der Waals surface area contributed by atoms with E-state index in [-0.39, 0.29) is 23.1 Å². The van der Waals surface area contributed by atoms with Crippen LogP contribution in [0.3, 0.4) is 0 Å². The number of hydrogen-bond donors (Lipinski definition) is 1. The number of hydrogen-bond acceptors (Lipinski definition) is 6. The first kappa shape index (κ1) is 19.6. The summed E-state index contributed by atoms with van der Waals surface area (Å²) in [5.74, 6) is -0.291. The van der Waals surface area contributed by atoms with Crippen LogP contribution >= 0.6 is 11.6 Å². The Labute approximate surface area is 172 Å². The second-order valence-electron chi connectivity index (χ2n) is 6.68. The Bertz CT molecular complexity index is 1140. The molecule has 1 fully saturated rings. The summed E-state index contributed by atoms with van der Waals surface area (Å²) in [5.41, 5.74) is 1.55. The van der Waals surface area contributed by atoms with E-state index in [2.05, 4.69) is 9.88 Å². The second kappa shape index (κ2) is 7.98. The molecule has 29 heavy (non-hydrogen) atoms. The molecular weight excluding hydrogens is 416 g/mol. The van der Waals surface area contributed by atoms with Crippen molar-refractivity contribution in [3.8, 4) is 11.3 Å². The molecule has 0 atom stereocenters. The lowest BCUT2D eigenvalue weighted by Gasteiger charge is -2.07. The van der Waals surface area contributed by atoms with Gasteiger partial charge in [-0.25, -0.2) is 17.9 Å². The van der Waals surface area contributed by atoms with Gasteiger partial charge in [-0.2, -0.15) is 0 Å². The van der Waals surface area contributed by atoms with Gasteiger partial charge in [0.1, 0.15) is 5.69 Å². The number of esters is 1. The fraction of sp³-hybridized carbons (Fsp3) is 0.200. The molecule has 3 aromatic rings. The van der Waals surface area contributed by atoms with Crippen LogP contribution in [0.15, 0.2) is 64.0 Å². The highest BCUT2D eigenvalue weighted by atomic mass is 35.5. The predicted molar refractivity (Wildman–Crippen MR) is 106 cm³/mol. The lowest BCUT2D eigenvalue weighted by Crippen LogP contribution is -2.25. The average molecular weight is 433 g/mol. The molecule has 0 bridgehead atoms. The van der Waals surface area contributed by atoms with Gasteiger partial charge < -0.3 is 9.26 Å². The van der Waals surface area contributed by atoms with Crippen molar-refractivity contribution in [3.05, 3.63) is 70.9 Å². The topological polar surface area (TPSA) is 98.5 Å². The first-order valence-corrected chi connectivity index (χ1v) is 10.8. The summed E-state index contributed by atoms with van der Waals surface area (Å²) >= 11 is 5.87. The fourth-order valence-corrected chi connectivity index (χ4v) is 4.11. The third-order valence-corrected chi connectivity index (χ3v) is 6.09. The maximum absolute atomic E-state index is 12.3. The number of carbonyl (C=O) groups excluding carboxylic acids is 1. The Morgan fingerprint density at radius 1 is 1.17 bits per heavy atom. The second-order valence-corrected chi connectivity index (χ2v) is 8.84. The summed E-state index contributed by atoms with van der Waals surface area (Å²) in [6, 6.07) is 14.5. The SMILES string of the molecule is O=C(OCc1cc(-c2ccc(Cl)cc2)no1)c1cccc(S(=O)(=O)NC2CC2)c1. The summed E-state index contributed by atoms with van der Waals surface area (Å²) in [4.78, 5) is 12.4. The molecule has 0 spiro atoms. The summed E-state index contributed by atoms with van der Waals surface area (Å²) in [7, 11) is -3.65. The van der Waals surface area contributed by atoms with E-state index in [1.807, 2.05) is 0 Å². The molecule has 0 aliphatic heterocycles. The predicted octanol–water partition coefficient (Wildman–Crippen LogP) is 3.79. The third-order valence-electron chi connectivity index (χ3n) is 4.32. The Morgan fingerprint density at radius 3 is 2.66 bits per heavy atom. The summed E-state index contributed by atoms with van der Waals surface area (Å²) in [6.45, 7) is -0.128. The molecule has 2 aromatic carbocycles. The molecule has 0 radical (unpaired) electrons. The van der Waals surface area contributed by atoms with Crippen LogP contribution in [0.1, 0.15) is 29.0 Å². The highest BCUT2D eigenvalue weighted by Crippen LogP contribution is 2.23. The monoisotopic (exact) mass is 432 g/mol. The van der Waals surface area contributed by atoms with Crippen molar-refractivity contribution in [2.75, 3.05) is 0 Å². The first-order valence-electron chi connectivity index (χ1n) is 8.92. The van der Waals surface area contributed by atoms with Gasteiger partial charge in [-0.3, -0.25) is 0 Å². The van der Waals surface area contributed by atoms with Crippen LogP contribution < -0.4 is 4.72 Å². The van der Waals surface area contributed by atoms with Crippen LogP contribution in [0.2, 0.25) is 5.02 Å². The van der Waals surface area contributed by atoms with E-state index in [9.17, 15) is 13.2 Å². The zero-order valence-electron chi connectivity index (χ0n) is 15.2. The normalized spacial score (nSPS) is 14.0. The molecule has 1 heterocycles. The van der Waals surface area contributed by atoms with Gasteiger partial charge >= 0.3 is 5.97 Å². The molecule has 150 valence electrons. The van der Waals surface area contributed by atoms with Crippen LogP contribution in [-0.2, 0) is 21.4 Å². The van der Waals surface area contributed by atoms with Gasteiger partial charge in [-0.15, -0.1) is 0 Å². The van der Waals surface area contributed by atoms with E-state index in [1.165, 1.54) is 24.3 Å². The molecule has 1 saturated carbocycles. The lowest BCUT2D eigenvalue weighted by atomic mass is 10.1. The molecule has 4 rings (SSSR count). The number of aromatic nitrogens is 1. The van der Waals surface area contributed by atoms with Crippen molar-refractivity contribution in [1.29, 1.82) is 0 Å². The van der Waals surface area contributed by atoms with E-state index < -0.39 is 16.0 Å². The maximum atomic E-state index is 12.3. The Balaban J connectivity index is 1.41. The number of ether oxygens (including phenoxy) is 1. The maximum Gasteiger partial charge on any atom is 0.338 e. The number of carbonyl (C=O) groups is 1. The molecule has 1 N–H and O–H groups in total. The zero-order chi connectivity index (χ0) is 20.4. The van der Waals surface area contributed by atoms with E-state index in [1.54, 1.807) is 30.3 Å². The number of nitrogens with zero attached hydrogens (tertiary/aromatic N) is 1. The van der Waals surface area contributed by atoms with Crippen LogP contribution in [-0.4, -0.2) is 25.6 Å². The molecule has 0 saturated heterocycles. The van der Waals surface area contributed by atoms with Crippen molar-refractivity contribution in [2.45, 2.75) is 30.4 Å². The largest absolute Gasteiger partial charge is 0.454 e. The number of nitrogens with one attached hydrogen (secondary N) is 1. The number of sulfonamides is 1. The molecule has 0 amide bonds. The Kier molecular flexibility index (Phi) is 5.40. The van der Waals surface area contributed by atoms with E-state index in [4.69, 9.17) is 20.9 Å². The van der Waals surface area contributed by atoms with Crippen molar-refractivity contribution in [2.24, 2.45) is 0 Å². The first-order chi connectivity index (χ1) is 13.9. The summed E-state index contributed by atoms with van der Waals surface area (Å²) < 4.78 is 37.6. The highest BCUT2D eigenvalue weighted by Gasteiger charge is 2.28. The molecular formula is C20H17ClN2O5S. The Morgan fingerprint density at radius 2 is 1.93 bits per heavy atom. The van der Waals surface area contributed by atoms with Gasteiger partial charge in [0.15, 0.2) is 12.4 Å². The van der Waals surface area contributed by atoms with Crippen LogP contribution in [0.5, 0.6) is 0 Å². The third kappa shape index (κ3) is 4.84. The van der Waals surface area contributed by atoms with Crippen molar-refractivity contribution in [1.82, 2.24) is 9.88 Å². The molecule has 1 aliphatic rings. The van der Waals surface area contributed by atoms with Crippen LogP contribution in [0.25, 0.3) is 11.3 Å². The quantitative estimate of drug-likeness (QED) is 0.570. The van der Waals surface area contributed by atoms with E-state index in [0.29, 0.717) is 16.5 Å². The summed E-state index contributed by atoms with van der Waals surface area (Å²) in [5, 5.41) is 4.56. The van der Waals surface area contributed by atoms with Crippen molar-refractivity contribution < 1.29 is 22.5 Å². The van der Waals surface area contributed by atoms with Crippen LogP contribution in [0, 0.1) is 0 Å². The van der Waals surface area contributed by atoms with Gasteiger partial charge in [0, 0.05) is 22.7 Å². The molecule has 1 aliphatic carbocycles. The fourth-order valence-electron chi connectivity index (χ4n) is 2.64. The van der Waals surface area contributed by atoms with Crippen molar-refractivity contribution >= 4 is 27.6 Å². The summed E-state index contributed by atoms with van der Waals surface area (Å²) in [6.07, 6.45) is 1.66. The number of benzene rings is 2. The van der Waals surface area contributed by atoms with Gasteiger partial charge in [0.2, 0.25) is 10.0 Å². The molecule has 1 aromatic heterocycles. The Hall–Kier alpha value is -2.68. The van der Waals surface area contributed by atoms with Crippen LogP contribution in [0.4, 0.5) is 0 Å². The van der Waals surface area contributed by atoms with Crippen molar-refractivity contribution in [3.63, 3.8) is 0 Å². The van der Waals surface area contributed by atoms with Gasteiger partial charge in [0.05, 0.1) is 10.5 Å². The number of rotatable bonds is 7. The van der Waals surface area contributed by atoms with Gasteiger partial charge in [-0.1, -0.05) is 35.0 Å². The molecule has 7 nitrogen and oxygen atoms in total. The zero-order valence-corrected chi connectivity index (χ0v) is 16.7. The van der Waals surface area contributed by atoms with Gasteiger partial charge in [-0.05, 0) is 43.2 Å². The minimum atomic E-state index is -3.65.